The SMILES string of the molecule is CC1(C)c2ccccc2-c2cc(-c3ccccc3Nc3cccc(CN)c3)ccc21. The van der Waals surface area contributed by atoms with Crippen LogP contribution in [0.3, 0.4) is 0 Å². The number of hydrogen-bond donors (Lipinski definition) is 2. The predicted octanol–water partition coefficient (Wildman–Crippen LogP) is 6.86. The number of rotatable bonds is 4. The number of nitrogens with one attached hydrogen (secondary N) is 1. The molecule has 0 aliphatic heterocycles. The van der Waals surface area contributed by atoms with Crippen LogP contribution in [0.1, 0.15) is 30.5 Å². The van der Waals surface area contributed by atoms with E-state index in [4.69, 9.17) is 5.73 Å². The molecule has 30 heavy (non-hydrogen) atoms. The lowest BCUT2D eigenvalue weighted by Crippen LogP contribution is -2.14. The van der Waals surface area contributed by atoms with Crippen LogP contribution >= 0.6 is 0 Å². The van der Waals surface area contributed by atoms with E-state index >= 15 is 0 Å². The number of fused-ring (bicyclic) bond motifs is 3. The first kappa shape index (κ1) is 18.7. The van der Waals surface area contributed by atoms with Crippen LogP contribution in [0.4, 0.5) is 11.4 Å². The zero-order valence-electron chi connectivity index (χ0n) is 17.4. The van der Waals surface area contributed by atoms with Crippen molar-refractivity contribution in [2.24, 2.45) is 5.73 Å². The second kappa shape index (κ2) is 7.16. The summed E-state index contributed by atoms with van der Waals surface area (Å²) in [5.41, 5.74) is 17.0. The highest BCUT2D eigenvalue weighted by Crippen LogP contribution is 2.49. The van der Waals surface area contributed by atoms with Crippen molar-refractivity contribution in [2.75, 3.05) is 5.32 Å². The smallest absolute Gasteiger partial charge is 0.0463 e. The van der Waals surface area contributed by atoms with Gasteiger partial charge in [0.15, 0.2) is 0 Å². The van der Waals surface area contributed by atoms with Crippen LogP contribution < -0.4 is 11.1 Å². The van der Waals surface area contributed by atoms with Crippen LogP contribution in [0.25, 0.3) is 22.3 Å². The summed E-state index contributed by atoms with van der Waals surface area (Å²) in [5, 5.41) is 3.59. The van der Waals surface area contributed by atoms with Crippen LogP contribution in [0, 0.1) is 0 Å². The summed E-state index contributed by atoms with van der Waals surface area (Å²) in [5.74, 6) is 0. The highest BCUT2D eigenvalue weighted by Gasteiger charge is 2.35. The largest absolute Gasteiger partial charge is 0.355 e. The molecule has 0 atom stereocenters. The van der Waals surface area contributed by atoms with Crippen LogP contribution in [-0.4, -0.2) is 0 Å². The van der Waals surface area contributed by atoms with E-state index in [1.54, 1.807) is 0 Å². The van der Waals surface area contributed by atoms with Gasteiger partial charge >= 0.3 is 0 Å². The molecule has 5 rings (SSSR count). The van der Waals surface area contributed by atoms with E-state index in [2.05, 4.69) is 104 Å². The Kier molecular flexibility index (Phi) is 4.45. The molecule has 4 aromatic rings. The van der Waals surface area contributed by atoms with E-state index in [1.807, 2.05) is 6.07 Å². The van der Waals surface area contributed by atoms with Gasteiger partial charge in [-0.2, -0.15) is 0 Å². The minimum absolute atomic E-state index is 0.0326. The van der Waals surface area contributed by atoms with Gasteiger partial charge in [-0.25, -0.2) is 0 Å². The van der Waals surface area contributed by atoms with Crippen LogP contribution in [-0.2, 0) is 12.0 Å². The van der Waals surface area contributed by atoms with E-state index in [1.165, 1.54) is 33.4 Å². The minimum Gasteiger partial charge on any atom is -0.355 e. The maximum atomic E-state index is 5.82. The lowest BCUT2D eigenvalue weighted by Gasteiger charge is -2.21. The summed E-state index contributed by atoms with van der Waals surface area (Å²) in [6, 6.07) is 32.5. The number of anilines is 2. The molecule has 0 fully saturated rings. The topological polar surface area (TPSA) is 38.0 Å². The molecule has 2 nitrogen and oxygen atoms in total. The fourth-order valence-electron chi connectivity index (χ4n) is 4.66. The summed E-state index contributed by atoms with van der Waals surface area (Å²) in [6.45, 7) is 5.17. The molecule has 4 aromatic carbocycles. The lowest BCUT2D eigenvalue weighted by molar-refractivity contribution is 0.660. The zero-order valence-corrected chi connectivity index (χ0v) is 17.4. The lowest BCUT2D eigenvalue weighted by atomic mass is 9.82. The van der Waals surface area contributed by atoms with Crippen molar-refractivity contribution in [3.63, 3.8) is 0 Å². The van der Waals surface area contributed by atoms with E-state index < -0.39 is 0 Å². The molecule has 0 saturated heterocycles. The van der Waals surface area contributed by atoms with Crippen LogP contribution in [0.5, 0.6) is 0 Å². The molecule has 0 unspecified atom stereocenters. The Morgan fingerprint density at radius 2 is 1.43 bits per heavy atom. The predicted molar refractivity (Wildman–Crippen MR) is 127 cm³/mol. The van der Waals surface area contributed by atoms with Crippen molar-refractivity contribution in [1.82, 2.24) is 0 Å². The van der Waals surface area contributed by atoms with Crippen LogP contribution in [0.15, 0.2) is 91.0 Å². The quantitative estimate of drug-likeness (QED) is 0.399. The standard InChI is InChI=1S/C28H26N2/c1-28(2)25-12-5-3-11-23(25)24-17-20(14-15-26(24)28)22-10-4-6-13-27(22)30-21-9-7-8-19(16-21)18-29/h3-17,30H,18,29H2,1-2H3. The highest BCUT2D eigenvalue weighted by molar-refractivity contribution is 5.88. The van der Waals surface area contributed by atoms with Gasteiger partial charge in [-0.05, 0) is 57.6 Å². The molecule has 2 heteroatoms. The maximum Gasteiger partial charge on any atom is 0.0463 e. The normalized spacial score (nSPS) is 13.6. The van der Waals surface area contributed by atoms with Crippen molar-refractivity contribution in [3.8, 4) is 22.3 Å². The van der Waals surface area contributed by atoms with Gasteiger partial charge in [0.1, 0.15) is 0 Å². The van der Waals surface area contributed by atoms with Crippen molar-refractivity contribution in [3.05, 3.63) is 108 Å². The summed E-state index contributed by atoms with van der Waals surface area (Å²) in [7, 11) is 0. The van der Waals surface area contributed by atoms with E-state index in [0.717, 1.165) is 16.9 Å². The Morgan fingerprint density at radius 3 is 2.27 bits per heavy atom. The fraction of sp³-hybridized carbons (Fsp3) is 0.143. The fourth-order valence-corrected chi connectivity index (χ4v) is 4.66. The molecule has 0 saturated carbocycles. The second-order valence-electron chi connectivity index (χ2n) is 8.51. The molecular formula is C28H26N2. The number of para-hydroxylation sites is 1. The Labute approximate surface area is 178 Å². The first-order valence-corrected chi connectivity index (χ1v) is 10.5. The molecule has 0 amide bonds. The van der Waals surface area contributed by atoms with E-state index in [9.17, 15) is 0 Å². The molecule has 0 heterocycles. The van der Waals surface area contributed by atoms with Gasteiger partial charge in [-0.1, -0.05) is 80.6 Å². The van der Waals surface area contributed by atoms with Gasteiger partial charge in [-0.3, -0.25) is 0 Å². The summed E-state index contributed by atoms with van der Waals surface area (Å²) < 4.78 is 0. The average molecular weight is 391 g/mol. The van der Waals surface area contributed by atoms with Crippen molar-refractivity contribution in [2.45, 2.75) is 25.8 Å². The third-order valence-electron chi connectivity index (χ3n) is 6.26. The zero-order chi connectivity index (χ0) is 20.7. The second-order valence-corrected chi connectivity index (χ2v) is 8.51. The Morgan fingerprint density at radius 1 is 0.700 bits per heavy atom. The molecule has 1 aliphatic rings. The molecule has 1 aliphatic carbocycles. The summed E-state index contributed by atoms with van der Waals surface area (Å²) in [6.07, 6.45) is 0. The molecule has 0 spiro atoms. The number of nitrogens with two attached hydrogens (primary N) is 1. The van der Waals surface area contributed by atoms with E-state index in [-0.39, 0.29) is 5.41 Å². The first-order chi connectivity index (χ1) is 14.6. The highest BCUT2D eigenvalue weighted by atomic mass is 14.9. The van der Waals surface area contributed by atoms with Crippen molar-refractivity contribution < 1.29 is 0 Å². The van der Waals surface area contributed by atoms with Gasteiger partial charge in [0.05, 0.1) is 0 Å². The minimum atomic E-state index is 0.0326. The maximum absolute atomic E-state index is 5.82. The van der Waals surface area contributed by atoms with Crippen molar-refractivity contribution in [1.29, 1.82) is 0 Å². The van der Waals surface area contributed by atoms with Gasteiger partial charge < -0.3 is 11.1 Å². The summed E-state index contributed by atoms with van der Waals surface area (Å²) >= 11 is 0. The van der Waals surface area contributed by atoms with Crippen LogP contribution in [0.2, 0.25) is 0 Å². The third kappa shape index (κ3) is 3.01. The van der Waals surface area contributed by atoms with Gasteiger partial charge in [0.2, 0.25) is 0 Å². The van der Waals surface area contributed by atoms with Gasteiger partial charge in [-0.15, -0.1) is 0 Å². The molecule has 3 N–H and O–H groups in total. The third-order valence-corrected chi connectivity index (χ3v) is 6.26. The molecule has 148 valence electrons. The van der Waals surface area contributed by atoms with Gasteiger partial charge in [0, 0.05) is 28.9 Å². The molecular weight excluding hydrogens is 364 g/mol. The number of hydrogen-bond acceptors (Lipinski definition) is 2. The summed E-state index contributed by atoms with van der Waals surface area (Å²) in [4.78, 5) is 0. The molecule has 0 bridgehead atoms. The number of benzene rings is 4. The molecule has 0 aromatic heterocycles. The monoisotopic (exact) mass is 390 g/mol. The van der Waals surface area contributed by atoms with Gasteiger partial charge in [0.25, 0.3) is 0 Å². The Bertz CT molecular complexity index is 1240. The first-order valence-electron chi connectivity index (χ1n) is 10.5. The molecule has 0 radical (unpaired) electrons. The van der Waals surface area contributed by atoms with Crippen molar-refractivity contribution >= 4 is 11.4 Å². The van der Waals surface area contributed by atoms with E-state index in [0.29, 0.717) is 6.54 Å². The Hall–Kier alpha value is -3.36. The average Bonchev–Trinajstić information content (AvgIpc) is 3.01. The Balaban J connectivity index is 1.59.